The smallest absolute Gasteiger partial charge is 0.220 e. The van der Waals surface area contributed by atoms with Gasteiger partial charge in [0.1, 0.15) is 0 Å². The SMILES string of the molecule is NC(=S)C1(NC(=O)CCC2CCCCC2)CCCCCC1. The van der Waals surface area contributed by atoms with E-state index < -0.39 is 5.54 Å². The van der Waals surface area contributed by atoms with E-state index in [4.69, 9.17) is 18.0 Å². The summed E-state index contributed by atoms with van der Waals surface area (Å²) in [7, 11) is 0. The van der Waals surface area contributed by atoms with Gasteiger partial charge in [0.25, 0.3) is 0 Å². The summed E-state index contributed by atoms with van der Waals surface area (Å²) in [6.45, 7) is 0. The lowest BCUT2D eigenvalue weighted by Gasteiger charge is -2.33. The second-order valence-electron chi connectivity index (χ2n) is 6.95. The summed E-state index contributed by atoms with van der Waals surface area (Å²) < 4.78 is 0. The van der Waals surface area contributed by atoms with Crippen LogP contribution in [0.2, 0.25) is 0 Å². The van der Waals surface area contributed by atoms with E-state index in [0.29, 0.717) is 11.4 Å². The number of carbonyl (C=O) groups excluding carboxylic acids is 1. The summed E-state index contributed by atoms with van der Waals surface area (Å²) in [5, 5.41) is 3.21. The van der Waals surface area contributed by atoms with Crippen molar-refractivity contribution in [1.29, 1.82) is 0 Å². The summed E-state index contributed by atoms with van der Waals surface area (Å²) in [5.41, 5.74) is 5.57. The van der Waals surface area contributed by atoms with Crippen LogP contribution < -0.4 is 11.1 Å². The highest BCUT2D eigenvalue weighted by Crippen LogP contribution is 2.29. The molecule has 0 heterocycles. The Bertz CT molecular complexity index is 356. The Morgan fingerprint density at radius 2 is 1.62 bits per heavy atom. The van der Waals surface area contributed by atoms with Gasteiger partial charge in [0.15, 0.2) is 0 Å². The lowest BCUT2D eigenvalue weighted by Crippen LogP contribution is -2.56. The minimum Gasteiger partial charge on any atom is -0.391 e. The highest BCUT2D eigenvalue weighted by Gasteiger charge is 2.35. The van der Waals surface area contributed by atoms with Gasteiger partial charge >= 0.3 is 0 Å². The lowest BCUT2D eigenvalue weighted by molar-refractivity contribution is -0.122. The first-order valence-corrected chi connectivity index (χ1v) is 9.14. The molecule has 120 valence electrons. The van der Waals surface area contributed by atoms with Crippen LogP contribution in [0.1, 0.15) is 83.5 Å². The van der Waals surface area contributed by atoms with Crippen molar-refractivity contribution in [3.63, 3.8) is 0 Å². The van der Waals surface area contributed by atoms with Gasteiger partial charge in [-0.3, -0.25) is 4.79 Å². The van der Waals surface area contributed by atoms with Crippen LogP contribution in [0, 0.1) is 5.92 Å². The Balaban J connectivity index is 1.84. The molecule has 0 radical (unpaired) electrons. The number of carbonyl (C=O) groups is 1. The fraction of sp³-hybridized carbons (Fsp3) is 0.882. The van der Waals surface area contributed by atoms with Crippen LogP contribution in [-0.2, 0) is 4.79 Å². The van der Waals surface area contributed by atoms with Gasteiger partial charge in [-0.1, -0.05) is 70.0 Å². The van der Waals surface area contributed by atoms with Crippen molar-refractivity contribution < 1.29 is 4.79 Å². The molecule has 0 unspecified atom stereocenters. The standard InChI is InChI=1S/C17H30N2OS/c18-16(21)17(12-6-1-2-7-13-17)19-15(20)11-10-14-8-4-3-5-9-14/h14H,1-13H2,(H2,18,21)(H,19,20). The molecule has 2 saturated carbocycles. The molecular weight excluding hydrogens is 280 g/mol. The van der Waals surface area contributed by atoms with Crippen LogP contribution in [0.3, 0.4) is 0 Å². The summed E-state index contributed by atoms with van der Waals surface area (Å²) >= 11 is 5.28. The molecule has 3 nitrogen and oxygen atoms in total. The molecule has 0 bridgehead atoms. The first kappa shape index (κ1) is 16.7. The molecule has 0 aliphatic heterocycles. The molecule has 2 fully saturated rings. The molecule has 2 aliphatic rings. The van der Waals surface area contributed by atoms with Gasteiger partial charge in [0.05, 0.1) is 10.5 Å². The van der Waals surface area contributed by atoms with Gasteiger partial charge in [-0.15, -0.1) is 0 Å². The number of hydrogen-bond acceptors (Lipinski definition) is 2. The fourth-order valence-corrected chi connectivity index (χ4v) is 4.16. The first-order valence-electron chi connectivity index (χ1n) is 8.73. The topological polar surface area (TPSA) is 55.1 Å². The number of nitrogens with two attached hydrogens (primary N) is 1. The van der Waals surface area contributed by atoms with Crippen molar-refractivity contribution in [1.82, 2.24) is 5.32 Å². The van der Waals surface area contributed by atoms with Crippen LogP contribution >= 0.6 is 12.2 Å². The molecule has 0 aromatic heterocycles. The summed E-state index contributed by atoms with van der Waals surface area (Å²) in [6, 6.07) is 0. The van der Waals surface area contributed by atoms with Gasteiger partial charge in [-0.05, 0) is 25.2 Å². The van der Waals surface area contributed by atoms with Gasteiger partial charge in [0, 0.05) is 6.42 Å². The summed E-state index contributed by atoms with van der Waals surface area (Å²) in [5.74, 6) is 0.898. The molecule has 0 saturated heterocycles. The highest BCUT2D eigenvalue weighted by molar-refractivity contribution is 7.80. The Morgan fingerprint density at radius 1 is 1.05 bits per heavy atom. The number of thiocarbonyl (C=S) groups is 1. The van der Waals surface area contributed by atoms with Crippen molar-refractivity contribution in [3.05, 3.63) is 0 Å². The molecule has 0 aromatic carbocycles. The van der Waals surface area contributed by atoms with Gasteiger partial charge in [-0.2, -0.15) is 0 Å². The Morgan fingerprint density at radius 3 is 2.19 bits per heavy atom. The Kier molecular flexibility index (Phi) is 6.46. The Hall–Kier alpha value is -0.640. The van der Waals surface area contributed by atoms with E-state index in [0.717, 1.165) is 38.0 Å². The molecular formula is C17H30N2OS. The number of hydrogen-bond donors (Lipinski definition) is 2. The van der Waals surface area contributed by atoms with E-state index in [1.54, 1.807) is 0 Å². The van der Waals surface area contributed by atoms with E-state index in [2.05, 4.69) is 5.32 Å². The predicted octanol–water partition coefficient (Wildman–Crippen LogP) is 3.84. The van der Waals surface area contributed by atoms with Crippen molar-refractivity contribution in [2.45, 2.75) is 89.0 Å². The quantitative estimate of drug-likeness (QED) is 0.599. The highest BCUT2D eigenvalue weighted by atomic mass is 32.1. The van der Waals surface area contributed by atoms with Gasteiger partial charge in [0.2, 0.25) is 5.91 Å². The maximum Gasteiger partial charge on any atom is 0.220 e. The van der Waals surface area contributed by atoms with E-state index in [1.807, 2.05) is 0 Å². The average molecular weight is 311 g/mol. The third kappa shape index (κ3) is 4.94. The molecule has 3 N–H and O–H groups in total. The Labute approximate surface area is 134 Å². The fourth-order valence-electron chi connectivity index (χ4n) is 3.91. The van der Waals surface area contributed by atoms with E-state index >= 15 is 0 Å². The normalized spacial score (nSPS) is 23.2. The number of rotatable bonds is 5. The predicted molar refractivity (Wildman–Crippen MR) is 91.2 cm³/mol. The lowest BCUT2D eigenvalue weighted by atomic mass is 9.85. The minimum absolute atomic E-state index is 0.148. The largest absolute Gasteiger partial charge is 0.391 e. The van der Waals surface area contributed by atoms with Gasteiger partial charge in [-0.25, -0.2) is 0 Å². The van der Waals surface area contributed by atoms with Crippen molar-refractivity contribution in [3.8, 4) is 0 Å². The first-order chi connectivity index (χ1) is 10.1. The van der Waals surface area contributed by atoms with Gasteiger partial charge < -0.3 is 11.1 Å². The zero-order valence-corrected chi connectivity index (χ0v) is 14.0. The van der Waals surface area contributed by atoms with Crippen LogP contribution in [0.5, 0.6) is 0 Å². The second kappa shape index (κ2) is 8.11. The molecule has 1 amide bonds. The van der Waals surface area contributed by atoms with Crippen molar-refractivity contribution in [2.75, 3.05) is 0 Å². The van der Waals surface area contributed by atoms with E-state index in [9.17, 15) is 4.79 Å². The summed E-state index contributed by atoms with van der Waals surface area (Å²) in [6.07, 6.45) is 14.8. The monoisotopic (exact) mass is 310 g/mol. The molecule has 2 rings (SSSR count). The molecule has 4 heteroatoms. The maximum atomic E-state index is 12.3. The van der Waals surface area contributed by atoms with E-state index in [-0.39, 0.29) is 5.91 Å². The zero-order chi connectivity index (χ0) is 15.1. The van der Waals surface area contributed by atoms with Crippen LogP contribution in [-0.4, -0.2) is 16.4 Å². The molecule has 21 heavy (non-hydrogen) atoms. The molecule has 0 spiro atoms. The van der Waals surface area contributed by atoms with Crippen LogP contribution in [0.15, 0.2) is 0 Å². The van der Waals surface area contributed by atoms with Crippen molar-refractivity contribution in [2.24, 2.45) is 11.7 Å². The molecule has 0 aromatic rings. The third-order valence-electron chi connectivity index (χ3n) is 5.31. The summed E-state index contributed by atoms with van der Waals surface area (Å²) in [4.78, 5) is 12.8. The van der Waals surface area contributed by atoms with Crippen LogP contribution in [0.4, 0.5) is 0 Å². The second-order valence-corrected chi connectivity index (χ2v) is 7.39. The zero-order valence-electron chi connectivity index (χ0n) is 13.2. The van der Waals surface area contributed by atoms with Crippen LogP contribution in [0.25, 0.3) is 0 Å². The third-order valence-corrected chi connectivity index (χ3v) is 5.70. The average Bonchev–Trinajstić information content (AvgIpc) is 2.73. The van der Waals surface area contributed by atoms with Crippen molar-refractivity contribution >= 4 is 23.1 Å². The molecule has 2 aliphatic carbocycles. The molecule has 0 atom stereocenters. The van der Waals surface area contributed by atoms with E-state index in [1.165, 1.54) is 44.9 Å². The minimum atomic E-state index is -0.407. The number of nitrogens with one attached hydrogen (secondary N) is 1. The maximum absolute atomic E-state index is 12.3. The number of amides is 1.